The molecule has 2 N–H and O–H groups in total. The van der Waals surface area contributed by atoms with Gasteiger partial charge in [-0.3, -0.25) is 4.79 Å². The number of amides is 1. The number of rotatable bonds is 4. The molecule has 1 aliphatic carbocycles. The summed E-state index contributed by atoms with van der Waals surface area (Å²) < 4.78 is 1.20. The number of para-hydroxylation sites is 1. The van der Waals surface area contributed by atoms with E-state index in [4.69, 9.17) is 4.98 Å². The first-order valence-electron chi connectivity index (χ1n) is 8.83. The van der Waals surface area contributed by atoms with Gasteiger partial charge in [0.15, 0.2) is 0 Å². The Morgan fingerprint density at radius 1 is 1.23 bits per heavy atom. The van der Waals surface area contributed by atoms with Gasteiger partial charge in [0.2, 0.25) is 5.91 Å². The largest absolute Gasteiger partial charge is 0.354 e. The Bertz CT molecular complexity index is 725. The molecule has 2 aromatic rings. The third kappa shape index (κ3) is 4.58. The Kier molecular flexibility index (Phi) is 7.89. The summed E-state index contributed by atoms with van der Waals surface area (Å²) in [5.41, 5.74) is 1.04. The van der Waals surface area contributed by atoms with Crippen molar-refractivity contribution >= 4 is 52.3 Å². The molecule has 3 atom stereocenters. The van der Waals surface area contributed by atoms with E-state index in [0.29, 0.717) is 6.04 Å². The van der Waals surface area contributed by atoms with Crippen LogP contribution in [0.1, 0.15) is 36.6 Å². The zero-order valence-corrected chi connectivity index (χ0v) is 17.0. The van der Waals surface area contributed by atoms with Crippen molar-refractivity contribution in [3.8, 4) is 0 Å². The number of aromatic nitrogens is 1. The molecular weight excluding hydrogens is 389 g/mol. The summed E-state index contributed by atoms with van der Waals surface area (Å²) >= 11 is 1.73. The number of nitrogens with zero attached hydrogens (tertiary/aromatic N) is 1. The van der Waals surface area contributed by atoms with Crippen LogP contribution in [0.2, 0.25) is 0 Å². The molecule has 7 heteroatoms. The van der Waals surface area contributed by atoms with E-state index in [0.717, 1.165) is 42.9 Å². The second-order valence-corrected chi connectivity index (χ2v) is 7.78. The molecule has 4 nitrogen and oxygen atoms in total. The molecule has 1 amide bonds. The number of hydrogen-bond acceptors (Lipinski definition) is 4. The number of allylic oxidation sites excluding steroid dienone is 2. The van der Waals surface area contributed by atoms with Gasteiger partial charge in [-0.2, -0.15) is 0 Å². The van der Waals surface area contributed by atoms with Crippen LogP contribution in [0.15, 0.2) is 36.4 Å². The Hall–Kier alpha value is -1.14. The number of nitrogens with one attached hydrogen (secondary N) is 2. The molecule has 0 saturated carbocycles. The molecule has 1 aromatic heterocycles. The summed E-state index contributed by atoms with van der Waals surface area (Å²) in [5, 5.41) is 7.70. The first-order valence-corrected chi connectivity index (χ1v) is 9.64. The van der Waals surface area contributed by atoms with Crippen molar-refractivity contribution in [1.29, 1.82) is 0 Å². The maximum absolute atomic E-state index is 12.8. The van der Waals surface area contributed by atoms with Crippen molar-refractivity contribution < 1.29 is 4.79 Å². The standard InChI is InChI=1S/C19H23N3OS.2ClH/c23-18(21-12-13-6-5-11-20-13)14-7-1-2-8-15(14)19-22-16-9-3-4-10-17(16)24-19;;/h1-4,9-10,13-15,20H,5-8,11-12H2,(H,21,23);2*1H. The highest BCUT2D eigenvalue weighted by atomic mass is 35.5. The number of halogens is 2. The predicted molar refractivity (Wildman–Crippen MR) is 113 cm³/mol. The van der Waals surface area contributed by atoms with Crippen molar-refractivity contribution in [3.05, 3.63) is 41.4 Å². The summed E-state index contributed by atoms with van der Waals surface area (Å²) in [4.78, 5) is 17.6. The fourth-order valence-corrected chi connectivity index (χ4v) is 4.86. The van der Waals surface area contributed by atoms with Gasteiger partial charge in [-0.15, -0.1) is 36.2 Å². The minimum atomic E-state index is -0.00281. The highest BCUT2D eigenvalue weighted by molar-refractivity contribution is 7.18. The van der Waals surface area contributed by atoms with E-state index in [9.17, 15) is 4.79 Å². The zero-order chi connectivity index (χ0) is 16.4. The Balaban J connectivity index is 0.00000121. The summed E-state index contributed by atoms with van der Waals surface area (Å²) in [6.45, 7) is 1.81. The molecule has 2 aliphatic rings. The van der Waals surface area contributed by atoms with Gasteiger partial charge in [-0.1, -0.05) is 24.3 Å². The first-order chi connectivity index (χ1) is 11.8. The van der Waals surface area contributed by atoms with Crippen molar-refractivity contribution in [2.45, 2.75) is 37.6 Å². The van der Waals surface area contributed by atoms with Crippen LogP contribution in [0.5, 0.6) is 0 Å². The number of hydrogen-bond donors (Lipinski definition) is 2. The molecule has 0 spiro atoms. The van der Waals surface area contributed by atoms with Gasteiger partial charge in [-0.25, -0.2) is 4.98 Å². The Morgan fingerprint density at radius 3 is 2.81 bits per heavy atom. The smallest absolute Gasteiger partial charge is 0.224 e. The van der Waals surface area contributed by atoms with Gasteiger partial charge in [0.05, 0.1) is 21.1 Å². The summed E-state index contributed by atoms with van der Waals surface area (Å²) in [6, 6.07) is 8.66. The quantitative estimate of drug-likeness (QED) is 0.742. The molecular formula is C19H25Cl2N3OS. The normalized spacial score (nSPS) is 24.7. The third-order valence-corrected chi connectivity index (χ3v) is 6.25. The summed E-state index contributed by atoms with van der Waals surface area (Å²) in [6.07, 6.45) is 8.41. The van der Waals surface area contributed by atoms with Crippen LogP contribution in [0.25, 0.3) is 10.2 Å². The average molecular weight is 414 g/mol. The maximum atomic E-state index is 12.8. The number of carbonyl (C=O) groups is 1. The molecule has 1 fully saturated rings. The molecule has 3 unspecified atom stereocenters. The van der Waals surface area contributed by atoms with Gasteiger partial charge in [0.25, 0.3) is 0 Å². The fourth-order valence-electron chi connectivity index (χ4n) is 3.71. The van der Waals surface area contributed by atoms with Crippen LogP contribution in [0.4, 0.5) is 0 Å². The summed E-state index contributed by atoms with van der Waals surface area (Å²) in [7, 11) is 0. The molecule has 26 heavy (non-hydrogen) atoms. The van der Waals surface area contributed by atoms with Gasteiger partial charge in [0.1, 0.15) is 0 Å². The molecule has 0 bridgehead atoms. The van der Waals surface area contributed by atoms with Gasteiger partial charge in [-0.05, 0) is 44.4 Å². The van der Waals surface area contributed by atoms with E-state index in [-0.39, 0.29) is 42.6 Å². The minimum absolute atomic E-state index is 0. The molecule has 1 aromatic carbocycles. The average Bonchev–Trinajstić information content (AvgIpc) is 3.29. The molecule has 4 rings (SSSR count). The maximum Gasteiger partial charge on any atom is 0.224 e. The van der Waals surface area contributed by atoms with Crippen LogP contribution in [-0.4, -0.2) is 30.0 Å². The van der Waals surface area contributed by atoms with Crippen molar-refractivity contribution in [2.24, 2.45) is 5.92 Å². The minimum Gasteiger partial charge on any atom is -0.354 e. The third-order valence-electron chi connectivity index (χ3n) is 5.08. The monoisotopic (exact) mass is 413 g/mol. The lowest BCUT2D eigenvalue weighted by atomic mass is 9.82. The van der Waals surface area contributed by atoms with E-state index in [1.807, 2.05) is 12.1 Å². The van der Waals surface area contributed by atoms with E-state index in [1.165, 1.54) is 11.1 Å². The number of thiazole rings is 1. The Labute approximate surface area is 170 Å². The fraction of sp³-hybridized carbons (Fsp3) is 0.474. The highest BCUT2D eigenvalue weighted by Gasteiger charge is 2.32. The predicted octanol–water partition coefficient (Wildman–Crippen LogP) is 4.06. The molecule has 2 heterocycles. The topological polar surface area (TPSA) is 54.0 Å². The van der Waals surface area contributed by atoms with Crippen molar-refractivity contribution in [1.82, 2.24) is 15.6 Å². The van der Waals surface area contributed by atoms with E-state index < -0.39 is 0 Å². The first kappa shape index (κ1) is 21.2. The lowest BCUT2D eigenvalue weighted by molar-refractivity contribution is -0.125. The number of benzene rings is 1. The molecule has 1 saturated heterocycles. The molecule has 0 radical (unpaired) electrons. The number of carbonyl (C=O) groups excluding carboxylic acids is 1. The molecule has 142 valence electrons. The second-order valence-electron chi connectivity index (χ2n) is 6.71. The Morgan fingerprint density at radius 2 is 2.04 bits per heavy atom. The van der Waals surface area contributed by atoms with Gasteiger partial charge in [0, 0.05) is 18.5 Å². The van der Waals surface area contributed by atoms with Crippen LogP contribution in [-0.2, 0) is 4.79 Å². The summed E-state index contributed by atoms with van der Waals surface area (Å²) in [5.74, 6) is 0.373. The van der Waals surface area contributed by atoms with E-state index in [1.54, 1.807) is 11.3 Å². The van der Waals surface area contributed by atoms with Crippen molar-refractivity contribution in [3.63, 3.8) is 0 Å². The van der Waals surface area contributed by atoms with Crippen LogP contribution < -0.4 is 10.6 Å². The number of fused-ring (bicyclic) bond motifs is 1. The van der Waals surface area contributed by atoms with Crippen LogP contribution in [0.3, 0.4) is 0 Å². The molecule has 1 aliphatic heterocycles. The zero-order valence-electron chi connectivity index (χ0n) is 14.5. The van der Waals surface area contributed by atoms with Gasteiger partial charge < -0.3 is 10.6 Å². The van der Waals surface area contributed by atoms with Crippen molar-refractivity contribution in [2.75, 3.05) is 13.1 Å². The lowest BCUT2D eigenvalue weighted by Crippen LogP contribution is -2.41. The lowest BCUT2D eigenvalue weighted by Gasteiger charge is -2.26. The van der Waals surface area contributed by atoms with Crippen LogP contribution in [0, 0.1) is 5.92 Å². The van der Waals surface area contributed by atoms with Gasteiger partial charge >= 0.3 is 0 Å². The SMILES string of the molecule is Cl.Cl.O=C(NCC1CCCN1)C1CC=CCC1c1nc2ccccc2s1. The van der Waals surface area contributed by atoms with E-state index >= 15 is 0 Å². The van der Waals surface area contributed by atoms with E-state index in [2.05, 4.69) is 34.9 Å². The second kappa shape index (κ2) is 9.70. The van der Waals surface area contributed by atoms with Crippen LogP contribution >= 0.6 is 36.2 Å². The highest BCUT2D eigenvalue weighted by Crippen LogP contribution is 2.38.